The molecule has 2 amide bonds. The number of likely N-dealkylation sites (tertiary alicyclic amines) is 1. The fourth-order valence-corrected chi connectivity index (χ4v) is 7.02. The summed E-state index contributed by atoms with van der Waals surface area (Å²) in [6, 6.07) is 22.6. The van der Waals surface area contributed by atoms with E-state index in [-0.39, 0.29) is 29.3 Å². The maximum absolute atomic E-state index is 14.8. The van der Waals surface area contributed by atoms with E-state index < -0.39 is 11.5 Å². The van der Waals surface area contributed by atoms with Gasteiger partial charge < -0.3 is 10.4 Å². The minimum atomic E-state index is -1.11. The highest BCUT2D eigenvalue weighted by atomic mass is 35.5. The van der Waals surface area contributed by atoms with Crippen molar-refractivity contribution in [1.82, 2.24) is 5.32 Å². The largest absolute Gasteiger partial charge is 0.481 e. The Kier molecular flexibility index (Phi) is 8.29. The molecule has 2 atom stereocenters. The van der Waals surface area contributed by atoms with Crippen LogP contribution in [0.1, 0.15) is 40.7 Å². The quantitative estimate of drug-likeness (QED) is 0.157. The molecule has 0 bridgehead atoms. The molecule has 2 unspecified atom stereocenters. The van der Waals surface area contributed by atoms with Crippen LogP contribution < -0.4 is 5.32 Å². The van der Waals surface area contributed by atoms with Crippen molar-refractivity contribution >= 4 is 62.4 Å². The topological polar surface area (TPSA) is 83.5 Å². The van der Waals surface area contributed by atoms with Crippen LogP contribution in [-0.4, -0.2) is 46.0 Å². The van der Waals surface area contributed by atoms with E-state index in [9.17, 15) is 14.4 Å². The molecule has 40 heavy (non-hydrogen) atoms. The lowest BCUT2D eigenvalue weighted by atomic mass is 9.73. The van der Waals surface area contributed by atoms with Gasteiger partial charge in [-0.3, -0.25) is 9.59 Å². The third-order valence-electron chi connectivity index (χ3n) is 7.85. The highest BCUT2D eigenvalue weighted by Crippen LogP contribution is 2.47. The lowest BCUT2D eigenvalue weighted by Gasteiger charge is -2.57. The molecule has 1 aromatic heterocycles. The van der Waals surface area contributed by atoms with Gasteiger partial charge >= 0.3 is 11.9 Å². The van der Waals surface area contributed by atoms with E-state index in [2.05, 4.69) is 5.32 Å². The van der Waals surface area contributed by atoms with Gasteiger partial charge in [0.05, 0.1) is 18.5 Å². The van der Waals surface area contributed by atoms with Gasteiger partial charge in [0.25, 0.3) is 5.91 Å². The number of hydrogen-bond acceptors (Lipinski definition) is 4. The van der Waals surface area contributed by atoms with E-state index in [4.69, 9.17) is 28.3 Å². The predicted octanol–water partition coefficient (Wildman–Crippen LogP) is 6.73. The Morgan fingerprint density at radius 3 is 2.42 bits per heavy atom. The average Bonchev–Trinajstić information content (AvgIpc) is 3.37. The molecule has 0 spiro atoms. The molecule has 3 aromatic carbocycles. The summed E-state index contributed by atoms with van der Waals surface area (Å²) >= 11 is 14.0. The summed E-state index contributed by atoms with van der Waals surface area (Å²) in [7, 11) is 0. The maximum Gasteiger partial charge on any atom is 0.348 e. The van der Waals surface area contributed by atoms with Crippen LogP contribution in [0.2, 0.25) is 10.0 Å². The van der Waals surface area contributed by atoms with Crippen molar-refractivity contribution in [3.8, 4) is 0 Å². The first-order chi connectivity index (χ1) is 19.2. The van der Waals surface area contributed by atoms with Gasteiger partial charge in [0.1, 0.15) is 6.54 Å². The van der Waals surface area contributed by atoms with Crippen molar-refractivity contribution in [3.63, 3.8) is 0 Å². The summed E-state index contributed by atoms with van der Waals surface area (Å²) in [5.74, 6) is -1.29. The van der Waals surface area contributed by atoms with Crippen LogP contribution in [0, 0.1) is 0 Å². The Labute approximate surface area is 246 Å². The number of aliphatic carboxylic acids is 1. The van der Waals surface area contributed by atoms with Gasteiger partial charge in [-0.25, -0.2) is 9.28 Å². The molecule has 1 aliphatic rings. The zero-order chi connectivity index (χ0) is 28.3. The predicted molar refractivity (Wildman–Crippen MR) is 159 cm³/mol. The first-order valence-electron chi connectivity index (χ1n) is 13.1. The van der Waals surface area contributed by atoms with Crippen molar-refractivity contribution < 1.29 is 24.0 Å². The second kappa shape index (κ2) is 11.7. The molecular weight excluding hydrogens is 567 g/mol. The smallest absolute Gasteiger partial charge is 0.348 e. The van der Waals surface area contributed by atoms with Gasteiger partial charge in [0.15, 0.2) is 5.54 Å². The van der Waals surface area contributed by atoms with Crippen molar-refractivity contribution in [2.45, 2.75) is 37.8 Å². The van der Waals surface area contributed by atoms with E-state index in [1.807, 2.05) is 60.0 Å². The summed E-state index contributed by atoms with van der Waals surface area (Å²) < 4.78 is 0.912. The Morgan fingerprint density at radius 2 is 1.73 bits per heavy atom. The Morgan fingerprint density at radius 1 is 0.950 bits per heavy atom. The molecule has 0 radical (unpaired) electrons. The number of carbonyl (C=O) groups is 3. The molecule has 5 rings (SSSR count). The maximum atomic E-state index is 14.8. The summed E-state index contributed by atoms with van der Waals surface area (Å²) in [5, 5.41) is 16.0. The molecule has 1 fully saturated rings. The highest BCUT2D eigenvalue weighted by Gasteiger charge is 2.68. The molecule has 2 N–H and O–H groups in total. The average molecular weight is 597 g/mol. The number of fused-ring (bicyclic) bond motifs is 1. The van der Waals surface area contributed by atoms with Crippen molar-refractivity contribution in [2.75, 3.05) is 13.1 Å². The fourth-order valence-electron chi connectivity index (χ4n) is 5.74. The van der Waals surface area contributed by atoms with Gasteiger partial charge in [0.2, 0.25) is 0 Å². The number of nitrogens with zero attached hydrogens (tertiary/aromatic N) is 1. The van der Waals surface area contributed by atoms with Crippen LogP contribution in [0.25, 0.3) is 10.1 Å². The lowest BCUT2D eigenvalue weighted by Crippen LogP contribution is -2.81. The van der Waals surface area contributed by atoms with E-state index in [1.165, 1.54) is 11.3 Å². The first-order valence-corrected chi connectivity index (χ1v) is 14.7. The van der Waals surface area contributed by atoms with Crippen LogP contribution in [0.4, 0.5) is 0 Å². The number of hydrogen-bond donors (Lipinski definition) is 2. The summed E-state index contributed by atoms with van der Waals surface area (Å²) in [4.78, 5) is 40.0. The van der Waals surface area contributed by atoms with Gasteiger partial charge in [-0.2, -0.15) is 0 Å². The van der Waals surface area contributed by atoms with Crippen LogP contribution in [0.15, 0.2) is 78.2 Å². The second-order valence-electron chi connectivity index (χ2n) is 10.3. The number of carbonyl (C=O) groups excluding carboxylic acids is 2. The number of carboxylic acids is 1. The molecule has 206 valence electrons. The number of rotatable bonds is 10. The molecule has 0 aliphatic carbocycles. The SMILES string of the molecule is O=C(O)CCCNC(=O)C1(Cc2ccc(Cl)cc2)CC[N+]1(Cc1cccc(Cl)c1)C(=O)c1csc2ccccc12. The molecule has 1 saturated heterocycles. The fraction of sp³-hybridized carbons (Fsp3) is 0.258. The van der Waals surface area contributed by atoms with Crippen molar-refractivity contribution in [2.24, 2.45) is 0 Å². The monoisotopic (exact) mass is 595 g/mol. The van der Waals surface area contributed by atoms with E-state index >= 15 is 0 Å². The zero-order valence-corrected chi connectivity index (χ0v) is 24.1. The third kappa shape index (κ3) is 5.39. The number of halogens is 2. The number of thiophene rings is 1. The number of quaternary nitrogens is 1. The third-order valence-corrected chi connectivity index (χ3v) is 9.30. The van der Waals surface area contributed by atoms with Crippen LogP contribution in [0.5, 0.6) is 0 Å². The van der Waals surface area contributed by atoms with Gasteiger partial charge in [-0.15, -0.1) is 11.3 Å². The molecule has 1 aliphatic heterocycles. The minimum absolute atomic E-state index is 0.0488. The molecular formula is C31H29Cl2N2O4S+. The summed E-state index contributed by atoms with van der Waals surface area (Å²) in [5.41, 5.74) is 1.24. The van der Waals surface area contributed by atoms with Gasteiger partial charge in [0, 0.05) is 50.5 Å². The minimum Gasteiger partial charge on any atom is -0.481 e. The molecule has 6 nitrogen and oxygen atoms in total. The summed E-state index contributed by atoms with van der Waals surface area (Å²) in [6.45, 7) is 0.978. The standard InChI is InChI=1S/C31H28Cl2N2O4S/c32-23-12-10-21(11-13-23)18-31(30(39)34-15-4-9-28(36)37)14-16-35(31,19-22-5-3-6-24(33)17-22)29(38)26-20-40-27-8-2-1-7-25(26)27/h1-3,5-8,10-13,17,20H,4,9,14-16,18-19H2,(H-,34,36,37,39)/p+1. The normalized spacial score (nSPS) is 20.1. The Balaban J connectivity index is 1.61. The van der Waals surface area contributed by atoms with Crippen molar-refractivity contribution in [3.05, 3.63) is 105 Å². The number of benzene rings is 3. The number of carboxylic acid groups (broad SMARTS) is 1. The van der Waals surface area contributed by atoms with Gasteiger partial charge in [-0.1, -0.05) is 65.7 Å². The second-order valence-corrected chi connectivity index (χ2v) is 12.1. The molecule has 9 heteroatoms. The zero-order valence-electron chi connectivity index (χ0n) is 21.7. The number of amides is 2. The van der Waals surface area contributed by atoms with E-state index in [1.54, 1.807) is 18.2 Å². The Hall–Kier alpha value is -3.23. The van der Waals surface area contributed by atoms with E-state index in [0.29, 0.717) is 48.0 Å². The highest BCUT2D eigenvalue weighted by molar-refractivity contribution is 7.17. The van der Waals surface area contributed by atoms with Gasteiger partial charge in [-0.05, 0) is 42.3 Å². The lowest BCUT2D eigenvalue weighted by molar-refractivity contribution is -0.946. The van der Waals surface area contributed by atoms with Crippen LogP contribution >= 0.6 is 34.5 Å². The Bertz CT molecular complexity index is 1570. The van der Waals surface area contributed by atoms with Crippen LogP contribution in [0.3, 0.4) is 0 Å². The molecule has 2 heterocycles. The first kappa shape index (κ1) is 28.3. The number of nitrogens with one attached hydrogen (secondary N) is 1. The van der Waals surface area contributed by atoms with Crippen LogP contribution in [-0.2, 0) is 22.6 Å². The molecule has 4 aromatic rings. The molecule has 0 saturated carbocycles. The summed E-state index contributed by atoms with van der Waals surface area (Å²) in [6.07, 6.45) is 1.07. The van der Waals surface area contributed by atoms with Crippen molar-refractivity contribution in [1.29, 1.82) is 0 Å². The van der Waals surface area contributed by atoms with E-state index in [0.717, 1.165) is 21.2 Å².